The van der Waals surface area contributed by atoms with Gasteiger partial charge >= 0.3 is 0 Å². The maximum atomic E-state index is 12.1. The number of carbonyl (C=O) groups excluding carboxylic acids is 2. The van der Waals surface area contributed by atoms with E-state index in [1.54, 1.807) is 11.0 Å². The van der Waals surface area contributed by atoms with E-state index < -0.39 is 0 Å². The summed E-state index contributed by atoms with van der Waals surface area (Å²) >= 11 is 5.96. The molecule has 0 saturated carbocycles. The van der Waals surface area contributed by atoms with Crippen LogP contribution in [0.4, 0.5) is 0 Å². The first-order valence-corrected chi connectivity index (χ1v) is 7.85. The van der Waals surface area contributed by atoms with Gasteiger partial charge in [0, 0.05) is 24.5 Å². The predicted octanol–water partition coefficient (Wildman–Crippen LogP) is 2.51. The van der Waals surface area contributed by atoms with E-state index in [1.807, 2.05) is 24.3 Å². The summed E-state index contributed by atoms with van der Waals surface area (Å²) in [5, 5.41) is 3.56. The lowest BCUT2D eigenvalue weighted by atomic mass is 10.1. The first-order chi connectivity index (χ1) is 11.1. The number of halogens is 1. The molecule has 1 saturated heterocycles. The molecule has 5 nitrogen and oxygen atoms in total. The van der Waals surface area contributed by atoms with Crippen LogP contribution < -0.4 is 5.32 Å². The molecule has 1 atom stereocenters. The molecule has 1 aliphatic heterocycles. The van der Waals surface area contributed by atoms with E-state index in [1.165, 1.54) is 12.5 Å². The zero-order valence-electron chi connectivity index (χ0n) is 12.5. The fraction of sp³-hybridized carbons (Fsp3) is 0.294. The van der Waals surface area contributed by atoms with Crippen LogP contribution in [0.15, 0.2) is 47.3 Å². The van der Waals surface area contributed by atoms with Crippen molar-refractivity contribution in [2.45, 2.75) is 18.9 Å². The van der Waals surface area contributed by atoms with Crippen LogP contribution in [0.3, 0.4) is 0 Å². The third-order valence-electron chi connectivity index (χ3n) is 3.89. The number of benzene rings is 1. The number of nitrogens with one attached hydrogen (secondary N) is 1. The van der Waals surface area contributed by atoms with Crippen LogP contribution in [0.25, 0.3) is 0 Å². The summed E-state index contributed by atoms with van der Waals surface area (Å²) in [6.45, 7) is 1.15. The van der Waals surface area contributed by atoms with E-state index in [-0.39, 0.29) is 17.9 Å². The van der Waals surface area contributed by atoms with Crippen LogP contribution in [0.5, 0.6) is 0 Å². The van der Waals surface area contributed by atoms with Gasteiger partial charge in [-0.3, -0.25) is 9.59 Å². The molecule has 1 aromatic carbocycles. The quantitative estimate of drug-likeness (QED) is 0.915. The topological polar surface area (TPSA) is 62.6 Å². The summed E-state index contributed by atoms with van der Waals surface area (Å²) in [7, 11) is 0. The molecule has 2 aromatic rings. The molecule has 0 bridgehead atoms. The average Bonchev–Trinajstić information content (AvgIpc) is 3.15. The first kappa shape index (κ1) is 15.6. The van der Waals surface area contributed by atoms with Gasteiger partial charge in [0.1, 0.15) is 6.26 Å². The Morgan fingerprint density at radius 2 is 2.26 bits per heavy atom. The van der Waals surface area contributed by atoms with Gasteiger partial charge in [-0.05, 0) is 30.2 Å². The summed E-state index contributed by atoms with van der Waals surface area (Å²) in [6.07, 6.45) is 3.92. The second-order valence-electron chi connectivity index (χ2n) is 5.61. The predicted molar refractivity (Wildman–Crippen MR) is 86.3 cm³/mol. The number of hydrogen-bond acceptors (Lipinski definition) is 3. The molecule has 1 aromatic heterocycles. The molecule has 1 aliphatic rings. The van der Waals surface area contributed by atoms with E-state index in [2.05, 4.69) is 5.32 Å². The molecule has 0 spiro atoms. The minimum atomic E-state index is -0.215. The second kappa shape index (κ2) is 6.87. The van der Waals surface area contributed by atoms with Gasteiger partial charge in [-0.1, -0.05) is 23.7 Å². The molecule has 6 heteroatoms. The summed E-state index contributed by atoms with van der Waals surface area (Å²) in [5.41, 5.74) is 1.56. The van der Waals surface area contributed by atoms with Crippen molar-refractivity contribution < 1.29 is 14.0 Å². The molecule has 2 amide bonds. The molecule has 2 heterocycles. The Morgan fingerprint density at radius 1 is 1.39 bits per heavy atom. The molecule has 3 rings (SSSR count). The zero-order chi connectivity index (χ0) is 16.2. The van der Waals surface area contributed by atoms with Crippen LogP contribution in [0, 0.1) is 0 Å². The highest BCUT2D eigenvalue weighted by atomic mass is 35.5. The van der Waals surface area contributed by atoms with E-state index in [0.29, 0.717) is 30.1 Å². The van der Waals surface area contributed by atoms with Gasteiger partial charge in [0.15, 0.2) is 0 Å². The van der Waals surface area contributed by atoms with Crippen molar-refractivity contribution in [3.05, 3.63) is 59.0 Å². The molecule has 1 fully saturated rings. The van der Waals surface area contributed by atoms with Crippen molar-refractivity contribution in [2.75, 3.05) is 13.1 Å². The van der Waals surface area contributed by atoms with E-state index in [9.17, 15) is 9.59 Å². The summed E-state index contributed by atoms with van der Waals surface area (Å²) < 4.78 is 4.89. The molecule has 120 valence electrons. The maximum Gasteiger partial charge on any atom is 0.254 e. The van der Waals surface area contributed by atoms with Gasteiger partial charge in [0.2, 0.25) is 5.91 Å². The number of furan rings is 1. The van der Waals surface area contributed by atoms with Crippen molar-refractivity contribution in [1.82, 2.24) is 10.2 Å². The summed E-state index contributed by atoms with van der Waals surface area (Å²) in [6, 6.07) is 9.06. The number of carbonyl (C=O) groups is 2. The molecule has 1 unspecified atom stereocenters. The molecule has 1 N–H and O–H groups in total. The van der Waals surface area contributed by atoms with Crippen LogP contribution in [0.2, 0.25) is 5.02 Å². The highest BCUT2D eigenvalue weighted by Gasteiger charge is 2.30. The lowest BCUT2D eigenvalue weighted by molar-refractivity contribution is -0.127. The third-order valence-corrected chi connectivity index (χ3v) is 4.13. The second-order valence-corrected chi connectivity index (χ2v) is 6.04. The van der Waals surface area contributed by atoms with E-state index in [0.717, 1.165) is 12.0 Å². The Kier molecular flexibility index (Phi) is 4.67. The van der Waals surface area contributed by atoms with Crippen molar-refractivity contribution in [3.8, 4) is 0 Å². The minimum absolute atomic E-state index is 0.0597. The summed E-state index contributed by atoms with van der Waals surface area (Å²) in [4.78, 5) is 25.8. The van der Waals surface area contributed by atoms with Gasteiger partial charge in [-0.15, -0.1) is 0 Å². The van der Waals surface area contributed by atoms with Gasteiger partial charge in [0.25, 0.3) is 5.91 Å². The molecule has 0 aliphatic carbocycles. The highest BCUT2D eigenvalue weighted by Crippen LogP contribution is 2.15. The number of amides is 2. The van der Waals surface area contributed by atoms with Crippen molar-refractivity contribution >= 4 is 23.4 Å². The minimum Gasteiger partial charge on any atom is -0.472 e. The number of hydrogen-bond donors (Lipinski definition) is 1. The van der Waals surface area contributed by atoms with Crippen LogP contribution in [-0.2, 0) is 11.2 Å². The lowest BCUT2D eigenvalue weighted by Gasteiger charge is -2.17. The fourth-order valence-corrected chi connectivity index (χ4v) is 2.92. The Hall–Kier alpha value is -2.27. The summed E-state index contributed by atoms with van der Waals surface area (Å²) in [5.74, 6) is -0.155. The lowest BCUT2D eigenvalue weighted by Crippen LogP contribution is -2.37. The molecule has 0 radical (unpaired) electrons. The van der Waals surface area contributed by atoms with Crippen molar-refractivity contribution in [2.24, 2.45) is 0 Å². The number of likely N-dealkylation sites (tertiary alicyclic amines) is 1. The zero-order valence-corrected chi connectivity index (χ0v) is 13.3. The van der Waals surface area contributed by atoms with Crippen molar-refractivity contribution in [1.29, 1.82) is 0 Å². The Labute approximate surface area is 139 Å². The Balaban J connectivity index is 1.52. The molecular formula is C17H17ClN2O3. The van der Waals surface area contributed by atoms with Gasteiger partial charge in [0.05, 0.1) is 17.9 Å². The maximum absolute atomic E-state index is 12.1. The smallest absolute Gasteiger partial charge is 0.254 e. The van der Waals surface area contributed by atoms with Crippen molar-refractivity contribution in [3.63, 3.8) is 0 Å². The molecular weight excluding hydrogens is 316 g/mol. The standard InChI is InChI=1S/C17H17ClN2O3/c18-14-3-1-2-12(8-14)4-6-20-10-15(9-16(20)21)19-17(22)13-5-7-23-11-13/h1-3,5,7-8,11,15H,4,6,9-10H2,(H,19,22). The SMILES string of the molecule is O=C(NC1CC(=O)N(CCc2cccc(Cl)c2)C1)c1ccoc1. The average molecular weight is 333 g/mol. The van der Waals surface area contributed by atoms with E-state index >= 15 is 0 Å². The molecule has 23 heavy (non-hydrogen) atoms. The number of rotatable bonds is 5. The Bertz CT molecular complexity index is 700. The van der Waals surface area contributed by atoms with Gasteiger partial charge in [-0.2, -0.15) is 0 Å². The fourth-order valence-electron chi connectivity index (χ4n) is 2.70. The first-order valence-electron chi connectivity index (χ1n) is 7.47. The van der Waals surface area contributed by atoms with E-state index in [4.69, 9.17) is 16.0 Å². The number of nitrogens with zero attached hydrogens (tertiary/aromatic N) is 1. The van der Waals surface area contributed by atoms with Gasteiger partial charge in [-0.25, -0.2) is 0 Å². The van der Waals surface area contributed by atoms with Crippen LogP contribution in [0.1, 0.15) is 22.3 Å². The highest BCUT2D eigenvalue weighted by molar-refractivity contribution is 6.30. The monoisotopic (exact) mass is 332 g/mol. The van der Waals surface area contributed by atoms with Crippen LogP contribution >= 0.6 is 11.6 Å². The van der Waals surface area contributed by atoms with Crippen LogP contribution in [-0.4, -0.2) is 35.8 Å². The largest absolute Gasteiger partial charge is 0.472 e. The van der Waals surface area contributed by atoms with Gasteiger partial charge < -0.3 is 14.6 Å². The third kappa shape index (κ3) is 3.93. The normalized spacial score (nSPS) is 17.5. The Morgan fingerprint density at radius 3 is 3.00 bits per heavy atom.